The number of nitrogens with zero attached hydrogens (tertiary/aromatic N) is 2. The highest BCUT2D eigenvalue weighted by molar-refractivity contribution is 9.13. The molecule has 0 N–H and O–H groups in total. The number of hydrogen-bond acceptors (Lipinski definition) is 3. The molecule has 2 aromatic rings. The lowest BCUT2D eigenvalue weighted by Crippen LogP contribution is -2.11. The number of aromatic nitrogens is 2. The summed E-state index contributed by atoms with van der Waals surface area (Å²) in [5, 5.41) is 4.21. The molecule has 0 unspecified atom stereocenters. The summed E-state index contributed by atoms with van der Waals surface area (Å²) < 4.78 is 4.30. The average Bonchev–Trinajstić information content (AvgIpc) is 2.84. The summed E-state index contributed by atoms with van der Waals surface area (Å²) in [4.78, 5) is 13.2. The Hall–Kier alpha value is 0.0200. The molecule has 0 saturated carbocycles. The van der Waals surface area contributed by atoms with E-state index in [1.807, 2.05) is 6.07 Å². The molecule has 0 bridgehead atoms. The van der Waals surface area contributed by atoms with Crippen molar-refractivity contribution in [3.8, 4) is 0 Å². The quantitative estimate of drug-likeness (QED) is 0.615. The molecule has 0 amide bonds. The second-order valence-electron chi connectivity index (χ2n) is 3.63. The Morgan fingerprint density at radius 2 is 2.11 bits per heavy atom. The lowest BCUT2D eigenvalue weighted by molar-refractivity contribution is 0.103. The van der Waals surface area contributed by atoms with Gasteiger partial charge in [0, 0.05) is 11.0 Å². The van der Waals surface area contributed by atoms with Crippen LogP contribution in [0.1, 0.15) is 28.7 Å². The summed E-state index contributed by atoms with van der Waals surface area (Å²) in [5.41, 5.74) is 0.609. The Morgan fingerprint density at radius 1 is 1.39 bits per heavy atom. The standard InChI is InChI=1S/C11H9Br3N2OS/c1-2-3-16-9(7(13)5-15-16)10(17)8-4-6(12)11(14)18-8/h4-5H,2-3H2,1H3. The fraction of sp³-hybridized carbons (Fsp3) is 0.273. The molecule has 7 heteroatoms. The van der Waals surface area contributed by atoms with E-state index in [-0.39, 0.29) is 5.78 Å². The number of hydrogen-bond donors (Lipinski definition) is 0. The maximum atomic E-state index is 12.5. The smallest absolute Gasteiger partial charge is 0.222 e. The van der Waals surface area contributed by atoms with Crippen molar-refractivity contribution in [2.45, 2.75) is 19.9 Å². The van der Waals surface area contributed by atoms with Gasteiger partial charge >= 0.3 is 0 Å². The fourth-order valence-corrected chi connectivity index (χ4v) is 4.00. The molecule has 0 saturated heterocycles. The van der Waals surface area contributed by atoms with E-state index in [1.165, 1.54) is 11.3 Å². The van der Waals surface area contributed by atoms with E-state index in [9.17, 15) is 4.79 Å². The van der Waals surface area contributed by atoms with Gasteiger partial charge in [0.15, 0.2) is 0 Å². The number of thiophene rings is 1. The van der Waals surface area contributed by atoms with E-state index >= 15 is 0 Å². The van der Waals surface area contributed by atoms with Gasteiger partial charge in [0.2, 0.25) is 5.78 Å². The van der Waals surface area contributed by atoms with Crippen LogP contribution in [0.25, 0.3) is 0 Å². The minimum absolute atomic E-state index is 0.00998. The molecule has 2 heterocycles. The first-order chi connectivity index (χ1) is 8.54. The minimum atomic E-state index is -0.00998. The molecule has 0 fully saturated rings. The van der Waals surface area contributed by atoms with Crippen LogP contribution < -0.4 is 0 Å². The Morgan fingerprint density at radius 3 is 2.67 bits per heavy atom. The van der Waals surface area contributed by atoms with Gasteiger partial charge in [-0.2, -0.15) is 5.10 Å². The highest BCUT2D eigenvalue weighted by atomic mass is 79.9. The van der Waals surface area contributed by atoms with E-state index in [0.717, 1.165) is 25.7 Å². The second kappa shape index (κ2) is 5.98. The second-order valence-corrected chi connectivity index (χ2v) is 7.70. The van der Waals surface area contributed by atoms with Crippen molar-refractivity contribution in [2.24, 2.45) is 0 Å². The predicted molar refractivity (Wildman–Crippen MR) is 83.4 cm³/mol. The Labute approximate surface area is 134 Å². The molecule has 0 aliphatic rings. The van der Waals surface area contributed by atoms with Crippen molar-refractivity contribution in [1.82, 2.24) is 9.78 Å². The zero-order chi connectivity index (χ0) is 13.3. The number of halogens is 3. The van der Waals surface area contributed by atoms with Crippen LogP contribution in [0.3, 0.4) is 0 Å². The van der Waals surface area contributed by atoms with Crippen molar-refractivity contribution in [3.05, 3.63) is 35.6 Å². The molecule has 0 aromatic carbocycles. The Kier molecular flexibility index (Phi) is 4.80. The Bertz CT molecular complexity index is 572. The van der Waals surface area contributed by atoms with Gasteiger partial charge in [-0.1, -0.05) is 6.92 Å². The van der Waals surface area contributed by atoms with Gasteiger partial charge in [-0.25, -0.2) is 0 Å². The zero-order valence-electron chi connectivity index (χ0n) is 9.41. The first-order valence-electron chi connectivity index (χ1n) is 5.25. The first kappa shape index (κ1) is 14.4. The van der Waals surface area contributed by atoms with Crippen LogP contribution in [0, 0.1) is 0 Å². The predicted octanol–water partition coefficient (Wildman–Crippen LogP) is 4.87. The maximum Gasteiger partial charge on any atom is 0.222 e. The summed E-state index contributed by atoms with van der Waals surface area (Å²) in [6.07, 6.45) is 2.60. The van der Waals surface area contributed by atoms with Gasteiger partial charge in [-0.15, -0.1) is 11.3 Å². The molecule has 0 atom stereocenters. The number of aryl methyl sites for hydroxylation is 1. The van der Waals surface area contributed by atoms with E-state index in [0.29, 0.717) is 10.6 Å². The van der Waals surface area contributed by atoms with Crippen molar-refractivity contribution in [1.29, 1.82) is 0 Å². The summed E-state index contributed by atoms with van der Waals surface area (Å²) >= 11 is 11.6. The molecule has 0 radical (unpaired) electrons. The van der Waals surface area contributed by atoms with Crippen LogP contribution in [0.2, 0.25) is 0 Å². The van der Waals surface area contributed by atoms with E-state index in [2.05, 4.69) is 59.8 Å². The van der Waals surface area contributed by atoms with E-state index in [4.69, 9.17) is 0 Å². The van der Waals surface area contributed by atoms with Gasteiger partial charge in [-0.05, 0) is 60.3 Å². The third-order valence-electron chi connectivity index (χ3n) is 2.31. The largest absolute Gasteiger partial charge is 0.286 e. The highest BCUT2D eigenvalue weighted by Crippen LogP contribution is 2.34. The topological polar surface area (TPSA) is 34.9 Å². The Balaban J connectivity index is 2.42. The molecule has 96 valence electrons. The van der Waals surface area contributed by atoms with Crippen LogP contribution in [0.5, 0.6) is 0 Å². The maximum absolute atomic E-state index is 12.5. The lowest BCUT2D eigenvalue weighted by Gasteiger charge is -2.04. The molecular formula is C11H9Br3N2OS. The van der Waals surface area contributed by atoms with Crippen LogP contribution in [0.4, 0.5) is 0 Å². The molecule has 2 aromatic heterocycles. The summed E-state index contributed by atoms with van der Waals surface area (Å²) in [7, 11) is 0. The summed E-state index contributed by atoms with van der Waals surface area (Å²) in [6, 6.07) is 1.83. The lowest BCUT2D eigenvalue weighted by atomic mass is 10.2. The molecule has 2 rings (SSSR count). The molecule has 3 nitrogen and oxygen atoms in total. The molecule has 0 spiro atoms. The number of ketones is 1. The van der Waals surface area contributed by atoms with Crippen molar-refractivity contribution in [3.63, 3.8) is 0 Å². The number of carbonyl (C=O) groups excluding carboxylic acids is 1. The van der Waals surface area contributed by atoms with Crippen LogP contribution in [-0.2, 0) is 6.54 Å². The minimum Gasteiger partial charge on any atom is -0.286 e. The van der Waals surface area contributed by atoms with Crippen LogP contribution in [0.15, 0.2) is 25.0 Å². The number of carbonyl (C=O) groups is 1. The van der Waals surface area contributed by atoms with Crippen molar-refractivity contribution < 1.29 is 4.79 Å². The summed E-state index contributed by atoms with van der Waals surface area (Å²) in [5.74, 6) is -0.00998. The van der Waals surface area contributed by atoms with Gasteiger partial charge in [0.1, 0.15) is 5.69 Å². The van der Waals surface area contributed by atoms with E-state index < -0.39 is 0 Å². The normalized spacial score (nSPS) is 10.9. The fourth-order valence-electron chi connectivity index (χ4n) is 1.54. The SMILES string of the molecule is CCCn1ncc(Br)c1C(=O)c1cc(Br)c(Br)s1. The monoisotopic (exact) mass is 454 g/mol. The third-order valence-corrected chi connectivity index (χ3v) is 6.15. The zero-order valence-corrected chi connectivity index (χ0v) is 15.0. The first-order valence-corrected chi connectivity index (χ1v) is 8.45. The molecule has 0 aliphatic heterocycles. The molecular weight excluding hydrogens is 448 g/mol. The van der Waals surface area contributed by atoms with Gasteiger partial charge in [0.25, 0.3) is 0 Å². The molecule has 0 aliphatic carbocycles. The van der Waals surface area contributed by atoms with Crippen LogP contribution in [-0.4, -0.2) is 15.6 Å². The summed E-state index contributed by atoms with van der Waals surface area (Å²) in [6.45, 7) is 2.79. The van der Waals surface area contributed by atoms with Crippen molar-refractivity contribution >= 4 is 64.9 Å². The van der Waals surface area contributed by atoms with Crippen molar-refractivity contribution in [2.75, 3.05) is 0 Å². The van der Waals surface area contributed by atoms with Gasteiger partial charge < -0.3 is 0 Å². The average molecular weight is 457 g/mol. The van der Waals surface area contributed by atoms with Crippen LogP contribution >= 0.6 is 59.1 Å². The number of rotatable bonds is 4. The highest BCUT2D eigenvalue weighted by Gasteiger charge is 2.21. The third kappa shape index (κ3) is 2.79. The molecule has 18 heavy (non-hydrogen) atoms. The van der Waals surface area contributed by atoms with E-state index in [1.54, 1.807) is 10.9 Å². The van der Waals surface area contributed by atoms with Gasteiger partial charge in [-0.3, -0.25) is 9.48 Å². The van der Waals surface area contributed by atoms with Gasteiger partial charge in [0.05, 0.1) is 19.3 Å².